The molecule has 0 bridgehead atoms. The zero-order valence-corrected chi connectivity index (χ0v) is 15.2. The molecule has 0 radical (unpaired) electrons. The van der Waals surface area contributed by atoms with Crippen LogP contribution in [0.15, 0.2) is 17.6 Å². The summed E-state index contributed by atoms with van der Waals surface area (Å²) in [5.41, 5.74) is 1.96. The molecule has 24 heavy (non-hydrogen) atoms. The number of carboxylic acid groups (broad SMARTS) is 1. The van der Waals surface area contributed by atoms with Crippen LogP contribution in [-0.4, -0.2) is 33.0 Å². The first-order valence-corrected chi connectivity index (χ1v) is 8.68. The second-order valence-electron chi connectivity index (χ2n) is 7.02. The minimum Gasteiger partial charge on any atom is -0.480 e. The number of hydrogen-bond donors (Lipinski definition) is 3. The zero-order valence-electron chi connectivity index (χ0n) is 14.3. The molecule has 7 heteroatoms. The van der Waals surface area contributed by atoms with E-state index in [1.54, 1.807) is 12.3 Å². The molecule has 3 N–H and O–H groups in total. The third-order valence-electron chi connectivity index (χ3n) is 3.63. The molecule has 0 aromatic carbocycles. The fraction of sp³-hybridized carbons (Fsp3) is 0.471. The van der Waals surface area contributed by atoms with Gasteiger partial charge in [0, 0.05) is 17.1 Å². The Kier molecular flexibility index (Phi) is 5.43. The van der Waals surface area contributed by atoms with Crippen molar-refractivity contribution in [1.29, 1.82) is 0 Å². The molecule has 2 aromatic heterocycles. The molecule has 0 saturated heterocycles. The van der Waals surface area contributed by atoms with Gasteiger partial charge in [-0.1, -0.05) is 20.8 Å². The molecule has 2 aromatic rings. The molecule has 2 heterocycles. The molecule has 1 amide bonds. The van der Waals surface area contributed by atoms with Gasteiger partial charge in [0.15, 0.2) is 0 Å². The number of aromatic nitrogens is 2. The molecule has 0 saturated carbocycles. The SMILES string of the molecule is Cc1nc(-c2c[nH]c(C(=O)NC(CCC(C)(C)C)C(=O)O)c2)cs1. The van der Waals surface area contributed by atoms with E-state index in [0.29, 0.717) is 18.5 Å². The number of carboxylic acids is 1. The van der Waals surface area contributed by atoms with Crippen LogP contribution >= 0.6 is 11.3 Å². The van der Waals surface area contributed by atoms with E-state index in [9.17, 15) is 14.7 Å². The topological polar surface area (TPSA) is 95.1 Å². The number of nitrogens with one attached hydrogen (secondary N) is 2. The monoisotopic (exact) mass is 349 g/mol. The predicted octanol–water partition coefficient (Wildman–Crippen LogP) is 3.46. The van der Waals surface area contributed by atoms with Crippen molar-refractivity contribution in [3.05, 3.63) is 28.3 Å². The Hall–Kier alpha value is -2.15. The summed E-state index contributed by atoms with van der Waals surface area (Å²) in [5.74, 6) is -1.44. The predicted molar refractivity (Wildman–Crippen MR) is 94.2 cm³/mol. The summed E-state index contributed by atoms with van der Waals surface area (Å²) in [4.78, 5) is 31.0. The van der Waals surface area contributed by atoms with Crippen LogP contribution in [0, 0.1) is 12.3 Å². The lowest BCUT2D eigenvalue weighted by atomic mass is 9.88. The van der Waals surface area contributed by atoms with Crippen molar-refractivity contribution in [2.24, 2.45) is 5.41 Å². The summed E-state index contributed by atoms with van der Waals surface area (Å²) in [7, 11) is 0. The van der Waals surface area contributed by atoms with Gasteiger partial charge in [-0.25, -0.2) is 9.78 Å². The zero-order chi connectivity index (χ0) is 17.9. The first kappa shape index (κ1) is 18.2. The molecule has 130 valence electrons. The van der Waals surface area contributed by atoms with Crippen LogP contribution in [-0.2, 0) is 4.79 Å². The molecule has 2 rings (SSSR count). The summed E-state index contributed by atoms with van der Waals surface area (Å²) in [6, 6.07) is 0.789. The largest absolute Gasteiger partial charge is 0.480 e. The van der Waals surface area contributed by atoms with Gasteiger partial charge in [0.2, 0.25) is 0 Å². The van der Waals surface area contributed by atoms with Gasteiger partial charge in [-0.05, 0) is 31.2 Å². The van der Waals surface area contributed by atoms with Crippen molar-refractivity contribution in [3.8, 4) is 11.3 Å². The average Bonchev–Trinajstić information content (AvgIpc) is 3.10. The third kappa shape index (κ3) is 4.92. The van der Waals surface area contributed by atoms with Crippen LogP contribution in [0.3, 0.4) is 0 Å². The van der Waals surface area contributed by atoms with E-state index in [1.165, 1.54) is 11.3 Å². The highest BCUT2D eigenvalue weighted by atomic mass is 32.1. The maximum absolute atomic E-state index is 12.3. The molecule has 6 nitrogen and oxygen atoms in total. The van der Waals surface area contributed by atoms with Gasteiger partial charge in [0.1, 0.15) is 11.7 Å². The second-order valence-corrected chi connectivity index (χ2v) is 8.08. The van der Waals surface area contributed by atoms with Crippen LogP contribution < -0.4 is 5.32 Å². The number of thiazole rings is 1. The molecule has 0 fully saturated rings. The highest BCUT2D eigenvalue weighted by molar-refractivity contribution is 7.09. The van der Waals surface area contributed by atoms with Crippen molar-refractivity contribution in [2.45, 2.75) is 46.6 Å². The van der Waals surface area contributed by atoms with E-state index in [2.05, 4.69) is 15.3 Å². The van der Waals surface area contributed by atoms with Crippen LogP contribution in [0.2, 0.25) is 0 Å². The van der Waals surface area contributed by atoms with Crippen molar-refractivity contribution in [2.75, 3.05) is 0 Å². The number of aryl methyl sites for hydroxylation is 1. The van der Waals surface area contributed by atoms with Gasteiger partial charge < -0.3 is 15.4 Å². The number of rotatable bonds is 6. The van der Waals surface area contributed by atoms with E-state index in [1.807, 2.05) is 33.1 Å². The highest BCUT2D eigenvalue weighted by Gasteiger charge is 2.24. The molecule has 0 aliphatic heterocycles. The fourth-order valence-electron chi connectivity index (χ4n) is 2.24. The van der Waals surface area contributed by atoms with Crippen molar-refractivity contribution < 1.29 is 14.7 Å². The Morgan fingerprint density at radius 1 is 1.42 bits per heavy atom. The molecule has 1 unspecified atom stereocenters. The van der Waals surface area contributed by atoms with Crippen molar-refractivity contribution >= 4 is 23.2 Å². The molecular weight excluding hydrogens is 326 g/mol. The summed E-state index contributed by atoms with van der Waals surface area (Å²) in [6.45, 7) is 8.05. The third-order valence-corrected chi connectivity index (χ3v) is 4.40. The molecule has 1 atom stereocenters. The van der Waals surface area contributed by atoms with Crippen molar-refractivity contribution in [1.82, 2.24) is 15.3 Å². The summed E-state index contributed by atoms with van der Waals surface area (Å²) in [5, 5.41) is 14.8. The first-order chi connectivity index (χ1) is 11.2. The Labute approximate surface area is 145 Å². The summed E-state index contributed by atoms with van der Waals surface area (Å²) < 4.78 is 0. The average molecular weight is 349 g/mol. The summed E-state index contributed by atoms with van der Waals surface area (Å²) >= 11 is 1.54. The standard InChI is InChI=1S/C17H23N3O3S/c1-10-19-14(9-24-10)11-7-13(18-8-11)15(21)20-12(16(22)23)5-6-17(2,3)4/h7-9,12,18H,5-6H2,1-4H3,(H,20,21)(H,22,23). The van der Waals surface area contributed by atoms with Gasteiger partial charge in [-0.15, -0.1) is 11.3 Å². The Morgan fingerprint density at radius 3 is 2.67 bits per heavy atom. The Bertz CT molecular complexity index is 728. The first-order valence-electron chi connectivity index (χ1n) is 7.80. The van der Waals surface area contributed by atoms with Crippen LogP contribution in [0.5, 0.6) is 0 Å². The number of aliphatic carboxylic acids is 1. The van der Waals surface area contributed by atoms with E-state index in [4.69, 9.17) is 0 Å². The van der Waals surface area contributed by atoms with Gasteiger partial charge in [-0.3, -0.25) is 4.79 Å². The number of H-pyrrole nitrogens is 1. The van der Waals surface area contributed by atoms with Gasteiger partial charge in [-0.2, -0.15) is 0 Å². The Balaban J connectivity index is 2.05. The quantitative estimate of drug-likeness (QED) is 0.744. The van der Waals surface area contributed by atoms with E-state index >= 15 is 0 Å². The number of aromatic amines is 1. The van der Waals surface area contributed by atoms with E-state index in [0.717, 1.165) is 16.3 Å². The van der Waals surface area contributed by atoms with Gasteiger partial charge >= 0.3 is 5.97 Å². The van der Waals surface area contributed by atoms with Crippen LogP contribution in [0.25, 0.3) is 11.3 Å². The van der Waals surface area contributed by atoms with Crippen molar-refractivity contribution in [3.63, 3.8) is 0 Å². The lowest BCUT2D eigenvalue weighted by molar-refractivity contribution is -0.139. The van der Waals surface area contributed by atoms with Gasteiger partial charge in [0.25, 0.3) is 5.91 Å². The van der Waals surface area contributed by atoms with Crippen LogP contribution in [0.1, 0.15) is 49.1 Å². The number of hydrogen-bond acceptors (Lipinski definition) is 4. The lowest BCUT2D eigenvalue weighted by Crippen LogP contribution is -2.41. The molecular formula is C17H23N3O3S. The number of carbonyl (C=O) groups is 2. The Morgan fingerprint density at radius 2 is 2.12 bits per heavy atom. The van der Waals surface area contributed by atoms with E-state index < -0.39 is 17.9 Å². The van der Waals surface area contributed by atoms with Crippen LogP contribution in [0.4, 0.5) is 0 Å². The second kappa shape index (κ2) is 7.17. The smallest absolute Gasteiger partial charge is 0.326 e. The lowest BCUT2D eigenvalue weighted by Gasteiger charge is -2.21. The molecule has 0 aliphatic rings. The highest BCUT2D eigenvalue weighted by Crippen LogP contribution is 2.23. The normalized spacial score (nSPS) is 12.8. The minimum absolute atomic E-state index is 0.0144. The molecule has 0 spiro atoms. The fourth-order valence-corrected chi connectivity index (χ4v) is 2.86. The maximum Gasteiger partial charge on any atom is 0.326 e. The summed E-state index contributed by atoms with van der Waals surface area (Å²) in [6.07, 6.45) is 2.80. The van der Waals surface area contributed by atoms with Gasteiger partial charge in [0.05, 0.1) is 10.7 Å². The minimum atomic E-state index is -1.02. The maximum atomic E-state index is 12.3. The number of amides is 1. The molecule has 0 aliphatic carbocycles. The number of nitrogens with zero attached hydrogens (tertiary/aromatic N) is 1. The number of carbonyl (C=O) groups excluding carboxylic acids is 1. The van der Waals surface area contributed by atoms with E-state index in [-0.39, 0.29) is 5.41 Å².